The third kappa shape index (κ3) is 2.19. The molecule has 0 aliphatic carbocycles. The molecule has 3 N–H and O–H groups in total. The van der Waals surface area contributed by atoms with Crippen LogP contribution in [0.1, 0.15) is 13.3 Å². The number of hydrogen-bond acceptors (Lipinski definition) is 3. The smallest absolute Gasteiger partial charge is 0.227 e. The molecule has 1 aliphatic heterocycles. The van der Waals surface area contributed by atoms with Crippen molar-refractivity contribution in [2.24, 2.45) is 5.92 Å². The first-order chi connectivity index (χ1) is 5.75. The maximum atomic E-state index is 11.3. The topological polar surface area (TPSA) is 61.4 Å². The third-order valence-corrected chi connectivity index (χ3v) is 2.07. The van der Waals surface area contributed by atoms with Crippen LogP contribution in [-0.2, 0) is 4.79 Å². The van der Waals surface area contributed by atoms with E-state index in [2.05, 4.69) is 10.6 Å². The summed E-state index contributed by atoms with van der Waals surface area (Å²) in [6, 6.07) is 0. The fourth-order valence-corrected chi connectivity index (χ4v) is 1.31. The maximum Gasteiger partial charge on any atom is 0.227 e. The molecular formula is C8H16N2O2. The lowest BCUT2D eigenvalue weighted by molar-refractivity contribution is -0.126. The van der Waals surface area contributed by atoms with Crippen molar-refractivity contribution >= 4 is 5.91 Å². The molecule has 1 fully saturated rings. The first-order valence-corrected chi connectivity index (χ1v) is 4.42. The Labute approximate surface area is 72.3 Å². The van der Waals surface area contributed by atoms with Gasteiger partial charge in [0.25, 0.3) is 0 Å². The second-order valence-corrected chi connectivity index (χ2v) is 3.12. The molecule has 1 aliphatic rings. The van der Waals surface area contributed by atoms with Crippen LogP contribution in [0.3, 0.4) is 0 Å². The molecule has 4 heteroatoms. The molecule has 0 radical (unpaired) electrons. The third-order valence-electron chi connectivity index (χ3n) is 2.07. The van der Waals surface area contributed by atoms with Gasteiger partial charge in [-0.05, 0) is 6.42 Å². The van der Waals surface area contributed by atoms with Gasteiger partial charge in [0.2, 0.25) is 5.91 Å². The minimum absolute atomic E-state index is 0.0330. The molecule has 0 bridgehead atoms. The van der Waals surface area contributed by atoms with E-state index in [9.17, 15) is 9.90 Å². The molecule has 0 aromatic heterocycles. The number of carbonyl (C=O) groups is 1. The summed E-state index contributed by atoms with van der Waals surface area (Å²) in [4.78, 5) is 11.3. The second-order valence-electron chi connectivity index (χ2n) is 3.12. The van der Waals surface area contributed by atoms with Crippen LogP contribution in [0.4, 0.5) is 0 Å². The average Bonchev–Trinajstić information content (AvgIpc) is 2.47. The largest absolute Gasteiger partial charge is 0.391 e. The number of hydrogen-bond donors (Lipinski definition) is 3. The Morgan fingerprint density at radius 1 is 1.67 bits per heavy atom. The van der Waals surface area contributed by atoms with Crippen molar-refractivity contribution in [2.75, 3.05) is 19.6 Å². The number of carbonyl (C=O) groups excluding carboxylic acids is 1. The maximum absolute atomic E-state index is 11.3. The van der Waals surface area contributed by atoms with Crippen LogP contribution in [0, 0.1) is 5.92 Å². The van der Waals surface area contributed by atoms with Crippen LogP contribution in [0.5, 0.6) is 0 Å². The van der Waals surface area contributed by atoms with Crippen LogP contribution in [0.2, 0.25) is 0 Å². The second kappa shape index (κ2) is 4.42. The highest BCUT2D eigenvalue weighted by atomic mass is 16.3. The van der Waals surface area contributed by atoms with Crippen molar-refractivity contribution in [3.63, 3.8) is 0 Å². The van der Waals surface area contributed by atoms with E-state index in [-0.39, 0.29) is 11.8 Å². The predicted molar refractivity (Wildman–Crippen MR) is 45.7 cm³/mol. The summed E-state index contributed by atoms with van der Waals surface area (Å²) >= 11 is 0. The molecule has 0 saturated carbocycles. The number of rotatable bonds is 3. The monoisotopic (exact) mass is 172 g/mol. The molecule has 0 aromatic carbocycles. The fraction of sp³-hybridized carbons (Fsp3) is 0.875. The van der Waals surface area contributed by atoms with E-state index in [1.165, 1.54) is 0 Å². The van der Waals surface area contributed by atoms with E-state index >= 15 is 0 Å². The number of nitrogens with one attached hydrogen (secondary N) is 2. The minimum Gasteiger partial charge on any atom is -0.391 e. The van der Waals surface area contributed by atoms with E-state index in [0.29, 0.717) is 19.6 Å². The Kier molecular flexibility index (Phi) is 3.49. The number of β-amino-alcohol motifs (C(OH)–C–C–N with tert-alkyl or cyclic N) is 1. The SMILES string of the molecule is CCCNC(=O)C1CNCC1O. The van der Waals surface area contributed by atoms with E-state index in [1.54, 1.807) is 0 Å². The number of aliphatic hydroxyl groups excluding tert-OH is 1. The van der Waals surface area contributed by atoms with Gasteiger partial charge < -0.3 is 15.7 Å². The van der Waals surface area contributed by atoms with Crippen molar-refractivity contribution < 1.29 is 9.90 Å². The van der Waals surface area contributed by atoms with Gasteiger partial charge in [-0.25, -0.2) is 0 Å². The van der Waals surface area contributed by atoms with E-state index in [0.717, 1.165) is 6.42 Å². The van der Waals surface area contributed by atoms with E-state index < -0.39 is 6.10 Å². The van der Waals surface area contributed by atoms with Crippen LogP contribution in [0.25, 0.3) is 0 Å². The first-order valence-electron chi connectivity index (χ1n) is 4.42. The molecule has 4 nitrogen and oxygen atoms in total. The highest BCUT2D eigenvalue weighted by Gasteiger charge is 2.30. The summed E-state index contributed by atoms with van der Waals surface area (Å²) in [5, 5.41) is 15.1. The Hall–Kier alpha value is -0.610. The lowest BCUT2D eigenvalue weighted by Crippen LogP contribution is -2.37. The summed E-state index contributed by atoms with van der Waals surface area (Å²) in [6.07, 6.45) is 0.420. The van der Waals surface area contributed by atoms with Gasteiger partial charge in [0.1, 0.15) is 0 Å². The van der Waals surface area contributed by atoms with Gasteiger partial charge in [-0.3, -0.25) is 4.79 Å². The van der Waals surface area contributed by atoms with Gasteiger partial charge in [0.05, 0.1) is 12.0 Å². The van der Waals surface area contributed by atoms with E-state index in [1.807, 2.05) is 6.92 Å². The zero-order chi connectivity index (χ0) is 8.97. The lowest BCUT2D eigenvalue weighted by atomic mass is 10.1. The van der Waals surface area contributed by atoms with Crippen LogP contribution in [0.15, 0.2) is 0 Å². The Morgan fingerprint density at radius 3 is 2.92 bits per heavy atom. The zero-order valence-corrected chi connectivity index (χ0v) is 7.34. The highest BCUT2D eigenvalue weighted by Crippen LogP contribution is 2.08. The van der Waals surface area contributed by atoms with Crippen molar-refractivity contribution in [3.05, 3.63) is 0 Å². The summed E-state index contributed by atoms with van der Waals surface area (Å²) in [5.41, 5.74) is 0. The molecule has 0 spiro atoms. The fourth-order valence-electron chi connectivity index (χ4n) is 1.31. The lowest BCUT2D eigenvalue weighted by Gasteiger charge is -2.12. The molecule has 0 aromatic rings. The molecule has 12 heavy (non-hydrogen) atoms. The van der Waals surface area contributed by atoms with E-state index in [4.69, 9.17) is 0 Å². The quantitative estimate of drug-likeness (QED) is 0.516. The Bertz CT molecular complexity index is 161. The predicted octanol–water partition coefficient (Wildman–Crippen LogP) is -0.907. The Morgan fingerprint density at radius 2 is 2.42 bits per heavy atom. The summed E-state index contributed by atoms with van der Waals surface area (Å²) in [5.74, 6) is -0.286. The summed E-state index contributed by atoms with van der Waals surface area (Å²) < 4.78 is 0. The molecule has 2 atom stereocenters. The summed E-state index contributed by atoms with van der Waals surface area (Å²) in [6.45, 7) is 3.83. The molecular weight excluding hydrogens is 156 g/mol. The van der Waals surface area contributed by atoms with Gasteiger partial charge in [-0.2, -0.15) is 0 Å². The van der Waals surface area contributed by atoms with Crippen molar-refractivity contribution in [3.8, 4) is 0 Å². The average molecular weight is 172 g/mol. The first kappa shape index (κ1) is 9.48. The standard InChI is InChI=1S/C8H16N2O2/c1-2-3-10-8(12)6-4-9-5-7(6)11/h6-7,9,11H,2-5H2,1H3,(H,10,12). The molecule has 1 amide bonds. The van der Waals surface area contributed by atoms with Gasteiger partial charge >= 0.3 is 0 Å². The molecule has 1 rings (SSSR count). The highest BCUT2D eigenvalue weighted by molar-refractivity contribution is 5.79. The van der Waals surface area contributed by atoms with Crippen molar-refractivity contribution in [1.29, 1.82) is 0 Å². The zero-order valence-electron chi connectivity index (χ0n) is 7.34. The van der Waals surface area contributed by atoms with Gasteiger partial charge in [-0.15, -0.1) is 0 Å². The van der Waals surface area contributed by atoms with Crippen LogP contribution >= 0.6 is 0 Å². The van der Waals surface area contributed by atoms with Gasteiger partial charge in [0.15, 0.2) is 0 Å². The van der Waals surface area contributed by atoms with Gasteiger partial charge in [-0.1, -0.05) is 6.92 Å². The molecule has 2 unspecified atom stereocenters. The number of amides is 1. The molecule has 70 valence electrons. The number of aliphatic hydroxyl groups is 1. The Balaban J connectivity index is 2.30. The molecule has 1 saturated heterocycles. The van der Waals surface area contributed by atoms with Crippen LogP contribution < -0.4 is 10.6 Å². The summed E-state index contributed by atoms with van der Waals surface area (Å²) in [7, 11) is 0. The minimum atomic E-state index is -0.512. The van der Waals surface area contributed by atoms with Gasteiger partial charge in [0, 0.05) is 19.6 Å². The van der Waals surface area contributed by atoms with Crippen molar-refractivity contribution in [2.45, 2.75) is 19.4 Å². The van der Waals surface area contributed by atoms with Crippen molar-refractivity contribution in [1.82, 2.24) is 10.6 Å². The van der Waals surface area contributed by atoms with Crippen LogP contribution in [-0.4, -0.2) is 36.8 Å². The molecule has 1 heterocycles. The normalized spacial score (nSPS) is 28.8.